The summed E-state index contributed by atoms with van der Waals surface area (Å²) in [6.45, 7) is 2.50. The topological polar surface area (TPSA) is 54.6 Å². The number of carbonyl (C=O) groups is 1. The number of pyridine rings is 1. The lowest BCUT2D eigenvalue weighted by Crippen LogP contribution is -2.45. The summed E-state index contributed by atoms with van der Waals surface area (Å²) in [6, 6.07) is 15.5. The van der Waals surface area contributed by atoms with Gasteiger partial charge in [0.1, 0.15) is 0 Å². The lowest BCUT2D eigenvalue weighted by molar-refractivity contribution is 0.0896. The number of hydrogen-bond acceptors (Lipinski definition) is 4. The third kappa shape index (κ3) is 3.54. The van der Waals surface area contributed by atoms with Gasteiger partial charge in [-0.3, -0.25) is 14.1 Å². The Kier molecular flexibility index (Phi) is 4.81. The fraction of sp³-hybridized carbons (Fsp3) is 0.316. The minimum absolute atomic E-state index is 0.00613. The van der Waals surface area contributed by atoms with Crippen LogP contribution in [0.1, 0.15) is 23.2 Å². The number of amides is 1. The second-order valence-corrected chi connectivity index (χ2v) is 6.95. The van der Waals surface area contributed by atoms with Crippen LogP contribution in [0.4, 0.5) is 0 Å². The van der Waals surface area contributed by atoms with Gasteiger partial charge in [-0.05, 0) is 49.3 Å². The quantitative estimate of drug-likeness (QED) is 0.721. The largest absolute Gasteiger partial charge is 0.349 e. The molecule has 1 saturated heterocycles. The summed E-state index contributed by atoms with van der Waals surface area (Å²) >= 11 is 5.51. The number of aromatic nitrogens is 3. The Morgan fingerprint density at radius 3 is 2.58 bits per heavy atom. The minimum atomic E-state index is 0.00613. The summed E-state index contributed by atoms with van der Waals surface area (Å²) in [5, 5.41) is 7.72. The fourth-order valence-corrected chi connectivity index (χ4v) is 3.58. The number of hydrogen-bond donors (Lipinski definition) is 1. The summed E-state index contributed by atoms with van der Waals surface area (Å²) in [4.78, 5) is 14.6. The molecule has 26 heavy (non-hydrogen) atoms. The number of nitrogens with zero attached hydrogens (tertiary/aromatic N) is 4. The molecule has 1 N–H and O–H groups in total. The molecular formula is C19H21N5OS. The maximum Gasteiger partial charge on any atom is 0.251 e. The zero-order valence-corrected chi connectivity index (χ0v) is 15.2. The SMILES string of the molecule is O=C(NC1CCN(Cn2nc3ccccn3c2=S)CC1)c1ccccc1. The van der Waals surface area contributed by atoms with E-state index >= 15 is 0 Å². The summed E-state index contributed by atoms with van der Waals surface area (Å²) < 4.78 is 4.50. The smallest absolute Gasteiger partial charge is 0.251 e. The van der Waals surface area contributed by atoms with E-state index in [1.54, 1.807) is 0 Å². The van der Waals surface area contributed by atoms with Gasteiger partial charge in [0.2, 0.25) is 4.77 Å². The lowest BCUT2D eigenvalue weighted by Gasteiger charge is -2.32. The highest BCUT2D eigenvalue weighted by Gasteiger charge is 2.21. The Hall–Kier alpha value is -2.51. The zero-order valence-electron chi connectivity index (χ0n) is 14.4. The molecule has 134 valence electrons. The predicted molar refractivity (Wildman–Crippen MR) is 103 cm³/mol. The molecule has 2 aromatic heterocycles. The zero-order chi connectivity index (χ0) is 17.9. The van der Waals surface area contributed by atoms with E-state index in [0.29, 0.717) is 17.0 Å². The van der Waals surface area contributed by atoms with E-state index in [2.05, 4.69) is 15.3 Å². The maximum atomic E-state index is 12.3. The molecule has 1 fully saturated rings. The van der Waals surface area contributed by atoms with Gasteiger partial charge in [-0.25, -0.2) is 4.68 Å². The normalized spacial score (nSPS) is 16.0. The Morgan fingerprint density at radius 1 is 1.12 bits per heavy atom. The standard InChI is InChI=1S/C19H21N5OS/c25-18(15-6-2-1-3-7-15)20-16-9-12-22(13-10-16)14-24-19(26)23-11-5-4-8-17(23)21-24/h1-8,11,16H,9-10,12-14H2,(H,20,25). The van der Waals surface area contributed by atoms with Crippen LogP contribution in [0.15, 0.2) is 54.7 Å². The number of likely N-dealkylation sites (tertiary alicyclic amines) is 1. The molecule has 4 rings (SSSR count). The van der Waals surface area contributed by atoms with Crippen LogP contribution in [0.3, 0.4) is 0 Å². The van der Waals surface area contributed by atoms with Gasteiger partial charge in [0.05, 0.1) is 6.67 Å². The molecule has 0 atom stereocenters. The first-order chi connectivity index (χ1) is 12.7. The Labute approximate surface area is 157 Å². The van der Waals surface area contributed by atoms with Crippen molar-refractivity contribution in [1.82, 2.24) is 24.4 Å². The van der Waals surface area contributed by atoms with Crippen LogP contribution >= 0.6 is 12.2 Å². The second-order valence-electron chi connectivity index (χ2n) is 6.58. The number of carbonyl (C=O) groups excluding carboxylic acids is 1. The first-order valence-electron chi connectivity index (χ1n) is 8.83. The van der Waals surface area contributed by atoms with Crippen LogP contribution < -0.4 is 5.32 Å². The van der Waals surface area contributed by atoms with Crippen molar-refractivity contribution in [3.05, 3.63) is 65.1 Å². The molecule has 0 unspecified atom stereocenters. The minimum Gasteiger partial charge on any atom is -0.349 e. The Bertz CT molecular complexity index is 957. The molecule has 3 aromatic rings. The van der Waals surface area contributed by atoms with Crippen LogP contribution in [-0.2, 0) is 6.67 Å². The third-order valence-corrected chi connectivity index (χ3v) is 5.19. The average Bonchev–Trinajstić information content (AvgIpc) is 3.00. The molecule has 0 radical (unpaired) electrons. The summed E-state index contributed by atoms with van der Waals surface area (Å²) in [7, 11) is 0. The second kappa shape index (κ2) is 7.39. The molecule has 1 aromatic carbocycles. The highest BCUT2D eigenvalue weighted by molar-refractivity contribution is 7.71. The first kappa shape index (κ1) is 16.9. The molecule has 0 saturated carbocycles. The van der Waals surface area contributed by atoms with Crippen LogP contribution in [-0.4, -0.2) is 44.1 Å². The third-order valence-electron chi connectivity index (χ3n) is 4.78. The van der Waals surface area contributed by atoms with Crippen molar-refractivity contribution >= 4 is 23.8 Å². The van der Waals surface area contributed by atoms with Gasteiger partial charge in [-0.15, -0.1) is 0 Å². The number of piperidine rings is 1. The molecule has 7 heteroatoms. The van der Waals surface area contributed by atoms with Gasteiger partial charge in [-0.1, -0.05) is 24.3 Å². The summed E-state index contributed by atoms with van der Waals surface area (Å²) in [5.41, 5.74) is 1.58. The van der Waals surface area contributed by atoms with Crippen molar-refractivity contribution in [3.8, 4) is 0 Å². The predicted octanol–water partition coefficient (Wildman–Crippen LogP) is 2.72. The fourth-order valence-electron chi connectivity index (χ4n) is 3.33. The first-order valence-corrected chi connectivity index (χ1v) is 9.24. The van der Waals surface area contributed by atoms with Crippen molar-refractivity contribution in [3.63, 3.8) is 0 Å². The van der Waals surface area contributed by atoms with E-state index in [4.69, 9.17) is 12.2 Å². The van der Waals surface area contributed by atoms with Crippen LogP contribution in [0.5, 0.6) is 0 Å². The van der Waals surface area contributed by atoms with Crippen molar-refractivity contribution in [2.24, 2.45) is 0 Å². The van der Waals surface area contributed by atoms with E-state index < -0.39 is 0 Å². The number of benzene rings is 1. The molecular weight excluding hydrogens is 346 g/mol. The van der Waals surface area contributed by atoms with E-state index in [1.807, 2.05) is 63.8 Å². The molecule has 1 aliphatic rings. The number of nitrogens with one attached hydrogen (secondary N) is 1. The Morgan fingerprint density at radius 2 is 1.85 bits per heavy atom. The lowest BCUT2D eigenvalue weighted by atomic mass is 10.0. The van der Waals surface area contributed by atoms with E-state index in [0.717, 1.165) is 31.6 Å². The monoisotopic (exact) mass is 367 g/mol. The highest BCUT2D eigenvalue weighted by Crippen LogP contribution is 2.13. The molecule has 1 amide bonds. The van der Waals surface area contributed by atoms with Gasteiger partial charge >= 0.3 is 0 Å². The molecule has 0 aliphatic carbocycles. The van der Waals surface area contributed by atoms with Crippen LogP contribution in [0, 0.1) is 4.77 Å². The maximum absolute atomic E-state index is 12.3. The van der Waals surface area contributed by atoms with Crippen molar-refractivity contribution in [2.45, 2.75) is 25.6 Å². The molecule has 3 heterocycles. The van der Waals surface area contributed by atoms with Gasteiger partial charge < -0.3 is 5.32 Å². The molecule has 1 aliphatic heterocycles. The van der Waals surface area contributed by atoms with Gasteiger partial charge in [-0.2, -0.15) is 5.10 Å². The number of fused-ring (bicyclic) bond motifs is 1. The van der Waals surface area contributed by atoms with E-state index in [-0.39, 0.29) is 11.9 Å². The van der Waals surface area contributed by atoms with Crippen molar-refractivity contribution in [2.75, 3.05) is 13.1 Å². The molecule has 0 bridgehead atoms. The highest BCUT2D eigenvalue weighted by atomic mass is 32.1. The summed E-state index contributed by atoms with van der Waals surface area (Å²) in [5.74, 6) is 0.00613. The van der Waals surface area contributed by atoms with Crippen molar-refractivity contribution in [1.29, 1.82) is 0 Å². The Balaban J connectivity index is 1.34. The van der Waals surface area contributed by atoms with E-state index in [9.17, 15) is 4.79 Å². The summed E-state index contributed by atoms with van der Waals surface area (Å²) in [6.07, 6.45) is 3.80. The van der Waals surface area contributed by atoms with Gasteiger partial charge in [0.25, 0.3) is 5.91 Å². The molecule has 0 spiro atoms. The van der Waals surface area contributed by atoms with Gasteiger partial charge in [0.15, 0.2) is 5.65 Å². The van der Waals surface area contributed by atoms with Crippen molar-refractivity contribution < 1.29 is 4.79 Å². The number of rotatable bonds is 4. The van der Waals surface area contributed by atoms with Gasteiger partial charge in [0, 0.05) is 30.9 Å². The molecule has 6 nitrogen and oxygen atoms in total. The van der Waals surface area contributed by atoms with E-state index in [1.165, 1.54) is 0 Å². The average molecular weight is 367 g/mol. The van der Waals surface area contributed by atoms with Crippen LogP contribution in [0.25, 0.3) is 5.65 Å². The van der Waals surface area contributed by atoms with Crippen LogP contribution in [0.2, 0.25) is 0 Å².